The first-order chi connectivity index (χ1) is 26.7. The van der Waals surface area contributed by atoms with Crippen molar-refractivity contribution >= 4 is 32.3 Å². The van der Waals surface area contributed by atoms with Gasteiger partial charge in [-0.1, -0.05) is 115 Å². The van der Waals surface area contributed by atoms with Gasteiger partial charge in [-0.2, -0.15) is 0 Å². The minimum absolute atomic E-state index is 0.831. The van der Waals surface area contributed by atoms with E-state index in [-0.39, 0.29) is 0 Å². The molecule has 0 aliphatic heterocycles. The molecule has 0 unspecified atom stereocenters. The van der Waals surface area contributed by atoms with Gasteiger partial charge in [-0.05, 0) is 98.5 Å². The lowest BCUT2D eigenvalue weighted by molar-refractivity contribution is 1.26. The molecule has 4 nitrogen and oxygen atoms in total. The van der Waals surface area contributed by atoms with Crippen LogP contribution in [0.1, 0.15) is 0 Å². The van der Waals surface area contributed by atoms with Crippen LogP contribution < -0.4 is 0 Å². The first-order valence-corrected chi connectivity index (χ1v) is 18.1. The SMILES string of the molecule is c1ccc2cc(-c3ccc(-c4cc(-c5ccc(-c6ccc7ccccc7c6)nc5)nc(-c5ccc(-c6ccc7ccccc7c6)nc5)c4)cn3)ccc2c1. The van der Waals surface area contributed by atoms with Gasteiger partial charge in [0.2, 0.25) is 0 Å². The lowest BCUT2D eigenvalue weighted by atomic mass is 10.00. The summed E-state index contributed by atoms with van der Waals surface area (Å²) < 4.78 is 0. The molecule has 0 N–H and O–H groups in total. The Kier molecular flexibility index (Phi) is 7.77. The predicted molar refractivity (Wildman–Crippen MR) is 223 cm³/mol. The molecule has 10 aromatic rings. The first kappa shape index (κ1) is 31.4. The zero-order valence-corrected chi connectivity index (χ0v) is 29.3. The quantitative estimate of drug-likeness (QED) is 0.174. The second-order valence-electron chi connectivity index (χ2n) is 13.6. The molecule has 4 heterocycles. The molecular formula is C50H32N4. The Morgan fingerprint density at radius 2 is 0.556 bits per heavy atom. The van der Waals surface area contributed by atoms with Crippen LogP contribution in [0.3, 0.4) is 0 Å². The number of benzene rings is 6. The van der Waals surface area contributed by atoms with Gasteiger partial charge in [0.05, 0.1) is 28.5 Å². The molecule has 0 saturated heterocycles. The Balaban J connectivity index is 1.02. The molecule has 0 saturated carbocycles. The van der Waals surface area contributed by atoms with Crippen molar-refractivity contribution < 1.29 is 0 Å². The first-order valence-electron chi connectivity index (χ1n) is 18.1. The van der Waals surface area contributed by atoms with Crippen molar-refractivity contribution in [1.82, 2.24) is 19.9 Å². The Bertz CT molecular complexity index is 2630. The largest absolute Gasteiger partial charge is 0.256 e. The van der Waals surface area contributed by atoms with Crippen LogP contribution in [0.2, 0.25) is 0 Å². The van der Waals surface area contributed by atoms with Crippen molar-refractivity contribution in [3.8, 4) is 67.4 Å². The standard InChI is InChI=1S/C50H32N4/c1-4-10-36-25-39(16-13-33(36)7-1)46-22-19-42(30-51-46)45-28-49(43-20-23-47(52-31-43)40-17-14-34-8-2-5-11-37(34)26-40)54-50(29-45)44-21-24-48(53-32-44)41-18-15-35-9-3-6-12-38(35)27-41/h1-32H. The van der Waals surface area contributed by atoms with Gasteiger partial charge in [0.15, 0.2) is 0 Å². The normalized spacial score (nSPS) is 11.3. The minimum atomic E-state index is 0.831. The van der Waals surface area contributed by atoms with E-state index in [2.05, 4.69) is 176 Å². The summed E-state index contributed by atoms with van der Waals surface area (Å²) >= 11 is 0. The van der Waals surface area contributed by atoms with Gasteiger partial charge in [0.25, 0.3) is 0 Å². The molecule has 4 heteroatoms. The summed E-state index contributed by atoms with van der Waals surface area (Å²) in [5.74, 6) is 0. The summed E-state index contributed by atoms with van der Waals surface area (Å²) in [5, 5.41) is 7.23. The van der Waals surface area contributed by atoms with Crippen LogP contribution >= 0.6 is 0 Å². The molecule has 10 rings (SSSR count). The average Bonchev–Trinajstić information content (AvgIpc) is 3.26. The van der Waals surface area contributed by atoms with Crippen LogP contribution in [0.5, 0.6) is 0 Å². The monoisotopic (exact) mass is 688 g/mol. The van der Waals surface area contributed by atoms with Gasteiger partial charge in [0.1, 0.15) is 0 Å². The molecular weight excluding hydrogens is 657 g/mol. The van der Waals surface area contributed by atoms with Crippen molar-refractivity contribution in [3.63, 3.8) is 0 Å². The molecule has 54 heavy (non-hydrogen) atoms. The van der Waals surface area contributed by atoms with Crippen molar-refractivity contribution in [2.24, 2.45) is 0 Å². The van der Waals surface area contributed by atoms with Crippen LogP contribution in [0, 0.1) is 0 Å². The van der Waals surface area contributed by atoms with E-state index in [9.17, 15) is 0 Å². The zero-order valence-electron chi connectivity index (χ0n) is 29.3. The minimum Gasteiger partial charge on any atom is -0.256 e. The summed E-state index contributed by atoms with van der Waals surface area (Å²) in [5.41, 5.74) is 11.6. The van der Waals surface area contributed by atoms with Crippen LogP contribution in [0.4, 0.5) is 0 Å². The van der Waals surface area contributed by atoms with Gasteiger partial charge >= 0.3 is 0 Å². The van der Waals surface area contributed by atoms with Gasteiger partial charge in [-0.15, -0.1) is 0 Å². The lowest BCUT2D eigenvalue weighted by Crippen LogP contribution is -1.94. The molecule has 0 radical (unpaired) electrons. The number of fused-ring (bicyclic) bond motifs is 3. The van der Waals surface area contributed by atoms with Gasteiger partial charge in [-0.3, -0.25) is 15.0 Å². The van der Waals surface area contributed by atoms with Gasteiger partial charge in [-0.25, -0.2) is 4.98 Å². The molecule has 0 bridgehead atoms. The van der Waals surface area contributed by atoms with Crippen LogP contribution in [0.25, 0.3) is 99.7 Å². The molecule has 0 aliphatic carbocycles. The maximum atomic E-state index is 5.18. The number of nitrogens with zero attached hydrogens (tertiary/aromatic N) is 4. The Morgan fingerprint density at radius 1 is 0.222 bits per heavy atom. The fraction of sp³-hybridized carbons (Fsp3) is 0. The molecule has 6 aromatic carbocycles. The molecule has 4 aromatic heterocycles. The molecule has 0 spiro atoms. The Morgan fingerprint density at radius 3 is 0.907 bits per heavy atom. The maximum absolute atomic E-state index is 5.18. The molecule has 0 amide bonds. The molecule has 0 atom stereocenters. The lowest BCUT2D eigenvalue weighted by Gasteiger charge is -2.12. The van der Waals surface area contributed by atoms with Gasteiger partial charge < -0.3 is 0 Å². The molecule has 252 valence electrons. The third-order valence-corrected chi connectivity index (χ3v) is 10.2. The van der Waals surface area contributed by atoms with Crippen LogP contribution in [-0.2, 0) is 0 Å². The maximum Gasteiger partial charge on any atom is 0.0731 e. The van der Waals surface area contributed by atoms with E-state index < -0.39 is 0 Å². The van der Waals surface area contributed by atoms with E-state index in [0.29, 0.717) is 0 Å². The van der Waals surface area contributed by atoms with E-state index in [1.54, 1.807) is 0 Å². The highest BCUT2D eigenvalue weighted by Crippen LogP contribution is 2.33. The van der Waals surface area contributed by atoms with Crippen LogP contribution in [0.15, 0.2) is 195 Å². The Labute approximate surface area is 313 Å². The fourth-order valence-corrected chi connectivity index (χ4v) is 7.21. The Hall–Kier alpha value is -7.30. The van der Waals surface area contributed by atoms with E-state index in [1.807, 2.05) is 18.6 Å². The number of rotatable bonds is 6. The highest BCUT2D eigenvalue weighted by Gasteiger charge is 2.13. The predicted octanol–water partition coefficient (Wildman–Crippen LogP) is 12.7. The fourth-order valence-electron chi connectivity index (χ4n) is 7.21. The topological polar surface area (TPSA) is 51.6 Å². The number of pyridine rings is 4. The summed E-state index contributed by atoms with van der Waals surface area (Å²) in [6.45, 7) is 0. The second-order valence-corrected chi connectivity index (χ2v) is 13.6. The van der Waals surface area contributed by atoms with Crippen molar-refractivity contribution in [2.75, 3.05) is 0 Å². The third kappa shape index (κ3) is 6.06. The van der Waals surface area contributed by atoms with Crippen molar-refractivity contribution in [1.29, 1.82) is 0 Å². The summed E-state index contributed by atoms with van der Waals surface area (Å²) in [6.07, 6.45) is 5.79. The van der Waals surface area contributed by atoms with Gasteiger partial charge in [0, 0.05) is 52.0 Å². The van der Waals surface area contributed by atoms with E-state index in [1.165, 1.54) is 32.3 Å². The molecule has 0 aliphatic rings. The summed E-state index contributed by atoms with van der Waals surface area (Å²) in [4.78, 5) is 19.9. The van der Waals surface area contributed by atoms with Crippen molar-refractivity contribution in [2.45, 2.75) is 0 Å². The van der Waals surface area contributed by atoms with E-state index >= 15 is 0 Å². The third-order valence-electron chi connectivity index (χ3n) is 10.2. The summed E-state index contributed by atoms with van der Waals surface area (Å²) in [7, 11) is 0. The smallest absolute Gasteiger partial charge is 0.0731 e. The molecule has 0 fully saturated rings. The summed E-state index contributed by atoms with van der Waals surface area (Å²) in [6, 6.07) is 61.5. The van der Waals surface area contributed by atoms with Crippen LogP contribution in [-0.4, -0.2) is 19.9 Å². The van der Waals surface area contributed by atoms with Crippen molar-refractivity contribution in [3.05, 3.63) is 195 Å². The average molecular weight is 689 g/mol. The number of aromatic nitrogens is 4. The highest BCUT2D eigenvalue weighted by molar-refractivity contribution is 5.89. The number of hydrogen-bond donors (Lipinski definition) is 0. The van der Waals surface area contributed by atoms with E-state index in [4.69, 9.17) is 19.9 Å². The number of hydrogen-bond acceptors (Lipinski definition) is 4. The highest BCUT2D eigenvalue weighted by atomic mass is 14.8. The zero-order chi connectivity index (χ0) is 35.8. The second kappa shape index (κ2) is 13.4. The van der Waals surface area contributed by atoms with E-state index in [0.717, 1.165) is 67.4 Å².